The van der Waals surface area contributed by atoms with Gasteiger partial charge in [0.05, 0.1) is 6.10 Å². The number of hydrogen-bond donors (Lipinski definition) is 2. The van der Waals surface area contributed by atoms with Gasteiger partial charge in [0.1, 0.15) is 0 Å². The first-order valence-electron chi connectivity index (χ1n) is 6.94. The van der Waals surface area contributed by atoms with Crippen molar-refractivity contribution >= 4 is 5.69 Å². The van der Waals surface area contributed by atoms with Gasteiger partial charge in [-0.25, -0.2) is 0 Å². The number of rotatable bonds is 5. The second-order valence-corrected chi connectivity index (χ2v) is 5.14. The minimum Gasteiger partial charge on any atom is -0.393 e. The smallest absolute Gasteiger partial charge is 0.0557 e. The average molecular weight is 248 g/mol. The Morgan fingerprint density at radius 1 is 1.44 bits per heavy atom. The molecule has 1 heterocycles. The fourth-order valence-electron chi connectivity index (χ4n) is 2.63. The van der Waals surface area contributed by atoms with E-state index in [1.54, 1.807) is 0 Å². The number of hydrogen-bond acceptors (Lipinski definition) is 3. The molecule has 0 spiro atoms. The van der Waals surface area contributed by atoms with Crippen molar-refractivity contribution in [1.29, 1.82) is 0 Å². The van der Waals surface area contributed by atoms with Crippen LogP contribution in [0.4, 0.5) is 5.69 Å². The van der Waals surface area contributed by atoms with Gasteiger partial charge in [-0.1, -0.05) is 25.1 Å². The van der Waals surface area contributed by atoms with Gasteiger partial charge >= 0.3 is 0 Å². The van der Waals surface area contributed by atoms with Crippen LogP contribution < -0.4 is 10.2 Å². The van der Waals surface area contributed by atoms with E-state index in [1.165, 1.54) is 11.3 Å². The molecule has 0 bridgehead atoms. The lowest BCUT2D eigenvalue weighted by Crippen LogP contribution is -2.25. The summed E-state index contributed by atoms with van der Waals surface area (Å²) in [6, 6.07) is 8.57. The van der Waals surface area contributed by atoms with Gasteiger partial charge in [0.2, 0.25) is 0 Å². The molecule has 1 aliphatic heterocycles. The van der Waals surface area contributed by atoms with Crippen molar-refractivity contribution in [2.24, 2.45) is 5.92 Å². The van der Waals surface area contributed by atoms with Crippen LogP contribution >= 0.6 is 0 Å². The third kappa shape index (κ3) is 3.03. The summed E-state index contributed by atoms with van der Waals surface area (Å²) in [4.78, 5) is 2.41. The van der Waals surface area contributed by atoms with Crippen LogP contribution in [0.2, 0.25) is 0 Å². The van der Waals surface area contributed by atoms with E-state index in [2.05, 4.69) is 41.4 Å². The largest absolute Gasteiger partial charge is 0.393 e. The van der Waals surface area contributed by atoms with Gasteiger partial charge < -0.3 is 15.3 Å². The van der Waals surface area contributed by atoms with Crippen LogP contribution in [0, 0.1) is 5.92 Å². The van der Waals surface area contributed by atoms with Gasteiger partial charge in [0.15, 0.2) is 0 Å². The Hall–Kier alpha value is -1.06. The first-order valence-corrected chi connectivity index (χ1v) is 6.94. The van der Waals surface area contributed by atoms with Crippen molar-refractivity contribution in [2.45, 2.75) is 32.9 Å². The van der Waals surface area contributed by atoms with Crippen molar-refractivity contribution in [3.05, 3.63) is 29.8 Å². The molecule has 2 N–H and O–H groups in total. The normalized spacial score (nSPS) is 21.3. The van der Waals surface area contributed by atoms with E-state index in [0.29, 0.717) is 5.92 Å². The highest BCUT2D eigenvalue weighted by Crippen LogP contribution is 2.28. The maximum absolute atomic E-state index is 9.69. The van der Waals surface area contributed by atoms with Crippen molar-refractivity contribution in [3.63, 3.8) is 0 Å². The number of anilines is 1. The number of nitrogens with one attached hydrogen (secondary N) is 1. The van der Waals surface area contributed by atoms with Crippen LogP contribution in [0.15, 0.2) is 24.3 Å². The summed E-state index contributed by atoms with van der Waals surface area (Å²) >= 11 is 0. The Balaban J connectivity index is 2.08. The van der Waals surface area contributed by atoms with Crippen LogP contribution in [0.25, 0.3) is 0 Å². The zero-order valence-corrected chi connectivity index (χ0v) is 11.4. The molecular weight excluding hydrogens is 224 g/mol. The average Bonchev–Trinajstić information content (AvgIpc) is 2.86. The highest BCUT2D eigenvalue weighted by Gasteiger charge is 2.26. The van der Waals surface area contributed by atoms with E-state index >= 15 is 0 Å². The number of aliphatic hydroxyl groups excluding tert-OH is 1. The van der Waals surface area contributed by atoms with E-state index in [-0.39, 0.29) is 6.10 Å². The maximum atomic E-state index is 9.69. The fourth-order valence-corrected chi connectivity index (χ4v) is 2.63. The molecule has 18 heavy (non-hydrogen) atoms. The Kier molecular flexibility index (Phi) is 4.61. The molecule has 0 amide bonds. The van der Waals surface area contributed by atoms with Crippen LogP contribution in [0.3, 0.4) is 0 Å². The summed E-state index contributed by atoms with van der Waals surface area (Å²) in [6.45, 7) is 7.97. The Morgan fingerprint density at radius 2 is 2.22 bits per heavy atom. The fraction of sp³-hybridized carbons (Fsp3) is 0.600. The van der Waals surface area contributed by atoms with E-state index in [0.717, 1.165) is 32.6 Å². The maximum Gasteiger partial charge on any atom is 0.0557 e. The molecule has 1 fully saturated rings. The van der Waals surface area contributed by atoms with Crippen molar-refractivity contribution in [1.82, 2.24) is 5.32 Å². The molecule has 100 valence electrons. The molecule has 1 aromatic carbocycles. The minimum atomic E-state index is -0.198. The Morgan fingerprint density at radius 3 is 2.89 bits per heavy atom. The molecule has 2 unspecified atom stereocenters. The highest BCUT2D eigenvalue weighted by atomic mass is 16.3. The number of para-hydroxylation sites is 1. The summed E-state index contributed by atoms with van der Waals surface area (Å²) in [5.41, 5.74) is 2.67. The molecule has 1 aromatic rings. The van der Waals surface area contributed by atoms with Gasteiger partial charge in [-0.15, -0.1) is 0 Å². The SMILES string of the molecule is CCNCc1ccccc1N1CCC(C(C)O)C1. The van der Waals surface area contributed by atoms with Crippen LogP contribution in [0.1, 0.15) is 25.8 Å². The van der Waals surface area contributed by atoms with Gasteiger partial charge in [-0.05, 0) is 31.5 Å². The quantitative estimate of drug-likeness (QED) is 0.836. The number of benzene rings is 1. The standard InChI is InChI=1S/C15H24N2O/c1-3-16-10-13-6-4-5-7-15(13)17-9-8-14(11-17)12(2)18/h4-7,12,14,16,18H,3,8-11H2,1-2H3. The Bertz CT molecular complexity index is 379. The van der Waals surface area contributed by atoms with Crippen LogP contribution in [-0.2, 0) is 6.54 Å². The molecule has 0 saturated carbocycles. The van der Waals surface area contributed by atoms with Gasteiger partial charge in [-0.2, -0.15) is 0 Å². The molecule has 3 heteroatoms. The summed E-state index contributed by atoms with van der Waals surface area (Å²) in [7, 11) is 0. The molecule has 2 atom stereocenters. The summed E-state index contributed by atoms with van der Waals surface area (Å²) in [5.74, 6) is 0.414. The van der Waals surface area contributed by atoms with Crippen LogP contribution in [-0.4, -0.2) is 30.8 Å². The zero-order valence-electron chi connectivity index (χ0n) is 11.4. The minimum absolute atomic E-state index is 0.198. The molecule has 0 aromatic heterocycles. The number of nitrogens with zero attached hydrogens (tertiary/aromatic N) is 1. The van der Waals surface area contributed by atoms with E-state index in [9.17, 15) is 5.11 Å². The van der Waals surface area contributed by atoms with Gasteiger partial charge in [0, 0.05) is 31.2 Å². The van der Waals surface area contributed by atoms with Crippen molar-refractivity contribution in [2.75, 3.05) is 24.5 Å². The molecule has 1 aliphatic rings. The van der Waals surface area contributed by atoms with Crippen molar-refractivity contribution in [3.8, 4) is 0 Å². The van der Waals surface area contributed by atoms with Gasteiger partial charge in [0.25, 0.3) is 0 Å². The third-order valence-corrected chi connectivity index (χ3v) is 3.80. The molecular formula is C15H24N2O. The monoisotopic (exact) mass is 248 g/mol. The lowest BCUT2D eigenvalue weighted by molar-refractivity contribution is 0.136. The molecule has 0 aliphatic carbocycles. The predicted molar refractivity (Wildman–Crippen MR) is 75.8 cm³/mol. The highest BCUT2D eigenvalue weighted by molar-refractivity contribution is 5.54. The third-order valence-electron chi connectivity index (χ3n) is 3.80. The second kappa shape index (κ2) is 6.21. The topological polar surface area (TPSA) is 35.5 Å². The van der Waals surface area contributed by atoms with Gasteiger partial charge in [-0.3, -0.25) is 0 Å². The summed E-state index contributed by atoms with van der Waals surface area (Å²) in [5, 5.41) is 13.1. The Labute approximate surface area is 110 Å². The summed E-state index contributed by atoms with van der Waals surface area (Å²) < 4.78 is 0. The second-order valence-electron chi connectivity index (χ2n) is 5.14. The first-order chi connectivity index (χ1) is 8.72. The van der Waals surface area contributed by atoms with E-state index in [1.807, 2.05) is 6.92 Å². The van der Waals surface area contributed by atoms with Crippen LogP contribution in [0.5, 0.6) is 0 Å². The zero-order chi connectivity index (χ0) is 13.0. The lowest BCUT2D eigenvalue weighted by atomic mass is 10.0. The van der Waals surface area contributed by atoms with Crippen molar-refractivity contribution < 1.29 is 5.11 Å². The lowest BCUT2D eigenvalue weighted by Gasteiger charge is -2.23. The molecule has 0 radical (unpaired) electrons. The number of aliphatic hydroxyl groups is 1. The molecule has 3 nitrogen and oxygen atoms in total. The first kappa shape index (κ1) is 13.4. The van der Waals surface area contributed by atoms with E-state index < -0.39 is 0 Å². The molecule has 2 rings (SSSR count). The molecule has 1 saturated heterocycles. The summed E-state index contributed by atoms with van der Waals surface area (Å²) in [6.07, 6.45) is 0.892. The predicted octanol–water partition coefficient (Wildman–Crippen LogP) is 2.00. The van der Waals surface area contributed by atoms with E-state index in [4.69, 9.17) is 0 Å².